The van der Waals surface area contributed by atoms with Crippen LogP contribution >= 0.6 is 0 Å². The van der Waals surface area contributed by atoms with Gasteiger partial charge in [0.2, 0.25) is 0 Å². The van der Waals surface area contributed by atoms with Gasteiger partial charge < -0.3 is 14.4 Å². The molecule has 0 spiro atoms. The largest absolute Gasteiger partial charge is 0.477 e. The highest BCUT2D eigenvalue weighted by molar-refractivity contribution is 5.96. The third-order valence-electron chi connectivity index (χ3n) is 3.76. The molecule has 0 saturated heterocycles. The number of aromatic nitrogens is 1. The Morgan fingerprint density at radius 2 is 1.92 bits per heavy atom. The standard InChI is InChI=1S/C19H18N2O4/c1-4-25-19(24)14-5-7-17(8-6-14)21-12(2)9-15(13(21)3)10-16(11-20)18(22)23/h5-10H,4H2,1-3H3,(H,22,23)/b16-10+. The van der Waals surface area contributed by atoms with Gasteiger partial charge in [-0.25, -0.2) is 9.59 Å². The van der Waals surface area contributed by atoms with Gasteiger partial charge >= 0.3 is 11.9 Å². The van der Waals surface area contributed by atoms with Gasteiger partial charge in [-0.15, -0.1) is 0 Å². The van der Waals surface area contributed by atoms with Crippen molar-refractivity contribution in [3.8, 4) is 11.8 Å². The molecule has 1 heterocycles. The number of carbonyl (C=O) groups is 2. The van der Waals surface area contributed by atoms with Crippen molar-refractivity contribution in [1.29, 1.82) is 5.26 Å². The number of carbonyl (C=O) groups excluding carboxylic acids is 1. The van der Waals surface area contributed by atoms with Crippen LogP contribution in [0.4, 0.5) is 0 Å². The van der Waals surface area contributed by atoms with Crippen molar-refractivity contribution in [3.63, 3.8) is 0 Å². The monoisotopic (exact) mass is 338 g/mol. The maximum absolute atomic E-state index is 11.7. The number of nitrogens with zero attached hydrogens (tertiary/aromatic N) is 2. The van der Waals surface area contributed by atoms with Gasteiger partial charge in [0.1, 0.15) is 11.6 Å². The Labute approximate surface area is 145 Å². The van der Waals surface area contributed by atoms with Crippen molar-refractivity contribution in [1.82, 2.24) is 4.57 Å². The predicted molar refractivity (Wildman–Crippen MR) is 92.4 cm³/mol. The second kappa shape index (κ2) is 7.49. The van der Waals surface area contributed by atoms with Crippen LogP contribution in [-0.4, -0.2) is 28.2 Å². The van der Waals surface area contributed by atoms with E-state index in [-0.39, 0.29) is 11.5 Å². The van der Waals surface area contributed by atoms with Gasteiger partial charge in [0.25, 0.3) is 0 Å². The molecule has 0 aliphatic heterocycles. The van der Waals surface area contributed by atoms with Crippen LogP contribution in [0.3, 0.4) is 0 Å². The summed E-state index contributed by atoms with van der Waals surface area (Å²) in [6.45, 7) is 5.79. The second-order valence-electron chi connectivity index (χ2n) is 5.40. The summed E-state index contributed by atoms with van der Waals surface area (Å²) < 4.78 is 6.89. The minimum Gasteiger partial charge on any atom is -0.477 e. The molecule has 2 rings (SSSR count). The molecule has 0 amide bonds. The number of carboxylic acid groups (broad SMARTS) is 1. The molecule has 25 heavy (non-hydrogen) atoms. The third kappa shape index (κ3) is 3.78. The number of benzene rings is 1. The molecule has 0 radical (unpaired) electrons. The summed E-state index contributed by atoms with van der Waals surface area (Å²) in [7, 11) is 0. The molecule has 0 unspecified atom stereocenters. The topological polar surface area (TPSA) is 92.3 Å². The quantitative estimate of drug-likeness (QED) is 0.513. The summed E-state index contributed by atoms with van der Waals surface area (Å²) in [4.78, 5) is 22.7. The van der Waals surface area contributed by atoms with E-state index < -0.39 is 5.97 Å². The summed E-state index contributed by atoms with van der Waals surface area (Å²) >= 11 is 0. The van der Waals surface area contributed by atoms with Crippen LogP contribution in [-0.2, 0) is 9.53 Å². The number of hydrogen-bond donors (Lipinski definition) is 1. The van der Waals surface area contributed by atoms with Crippen LogP contribution in [0.1, 0.15) is 34.2 Å². The highest BCUT2D eigenvalue weighted by atomic mass is 16.5. The second-order valence-corrected chi connectivity index (χ2v) is 5.40. The molecule has 2 aromatic rings. The van der Waals surface area contributed by atoms with Crippen molar-refractivity contribution >= 4 is 18.0 Å². The van der Waals surface area contributed by atoms with Gasteiger partial charge in [0.05, 0.1) is 12.2 Å². The van der Waals surface area contributed by atoms with Crippen LogP contribution in [0, 0.1) is 25.2 Å². The molecule has 1 aromatic heterocycles. The van der Waals surface area contributed by atoms with Gasteiger partial charge in [-0.1, -0.05) is 0 Å². The molecule has 6 nitrogen and oxygen atoms in total. The summed E-state index contributed by atoms with van der Waals surface area (Å²) in [6.07, 6.45) is 1.36. The molecule has 0 atom stereocenters. The fraction of sp³-hybridized carbons (Fsp3) is 0.211. The van der Waals surface area contributed by atoms with Crippen LogP contribution in [0.15, 0.2) is 35.9 Å². The molecular weight excluding hydrogens is 320 g/mol. The van der Waals surface area contributed by atoms with Gasteiger partial charge in [0, 0.05) is 17.1 Å². The first-order valence-electron chi connectivity index (χ1n) is 7.70. The van der Waals surface area contributed by atoms with Gasteiger partial charge in [-0.3, -0.25) is 0 Å². The molecule has 0 aliphatic rings. The molecule has 0 aliphatic carbocycles. The Morgan fingerprint density at radius 3 is 2.44 bits per heavy atom. The Morgan fingerprint density at radius 1 is 1.28 bits per heavy atom. The van der Waals surface area contributed by atoms with Crippen LogP contribution in [0.25, 0.3) is 11.8 Å². The van der Waals surface area contributed by atoms with Crippen molar-refractivity contribution in [2.24, 2.45) is 0 Å². The van der Waals surface area contributed by atoms with Crippen LogP contribution in [0.5, 0.6) is 0 Å². The maximum atomic E-state index is 11.7. The van der Waals surface area contributed by atoms with E-state index in [9.17, 15) is 9.59 Å². The lowest BCUT2D eigenvalue weighted by Gasteiger charge is -2.10. The van der Waals surface area contributed by atoms with Crippen LogP contribution < -0.4 is 0 Å². The maximum Gasteiger partial charge on any atom is 0.346 e. The zero-order valence-corrected chi connectivity index (χ0v) is 14.2. The SMILES string of the molecule is CCOC(=O)c1ccc(-n2c(C)cc(/C=C(\C#N)C(=O)O)c2C)cc1. The van der Waals surface area contributed by atoms with Gasteiger partial charge in [0.15, 0.2) is 0 Å². The summed E-state index contributed by atoms with van der Waals surface area (Å²) in [5.41, 5.74) is 3.32. The summed E-state index contributed by atoms with van der Waals surface area (Å²) in [6, 6.07) is 10.4. The molecule has 0 saturated carbocycles. The van der Waals surface area contributed by atoms with E-state index in [1.54, 1.807) is 37.3 Å². The highest BCUT2D eigenvalue weighted by Crippen LogP contribution is 2.23. The summed E-state index contributed by atoms with van der Waals surface area (Å²) in [5, 5.41) is 17.9. The zero-order chi connectivity index (χ0) is 18.6. The Hall–Kier alpha value is -3.33. The molecule has 0 fully saturated rings. The molecule has 128 valence electrons. The molecular formula is C19H18N2O4. The van der Waals surface area contributed by atoms with Crippen molar-refractivity contribution in [2.45, 2.75) is 20.8 Å². The third-order valence-corrected chi connectivity index (χ3v) is 3.76. The first-order chi connectivity index (χ1) is 11.9. The molecule has 1 N–H and O–H groups in total. The van der Waals surface area contributed by atoms with Crippen molar-refractivity contribution < 1.29 is 19.4 Å². The molecule has 1 aromatic carbocycles. The number of carboxylic acids is 1. The van der Waals surface area contributed by atoms with Gasteiger partial charge in [-0.05, 0) is 62.7 Å². The van der Waals surface area contributed by atoms with Crippen molar-refractivity contribution in [3.05, 3.63) is 58.4 Å². The smallest absolute Gasteiger partial charge is 0.346 e. The number of aliphatic carboxylic acids is 1. The lowest BCUT2D eigenvalue weighted by molar-refractivity contribution is -0.132. The number of nitriles is 1. The average Bonchev–Trinajstić information content (AvgIpc) is 2.86. The van der Waals surface area contributed by atoms with Crippen LogP contribution in [0.2, 0.25) is 0 Å². The number of rotatable bonds is 5. The first-order valence-corrected chi connectivity index (χ1v) is 7.70. The number of ether oxygens (including phenoxy) is 1. The van der Waals surface area contributed by atoms with E-state index in [0.29, 0.717) is 17.7 Å². The number of hydrogen-bond acceptors (Lipinski definition) is 4. The fourth-order valence-corrected chi connectivity index (χ4v) is 2.59. The van der Waals surface area contributed by atoms with E-state index in [0.717, 1.165) is 17.1 Å². The molecule has 0 bridgehead atoms. The average molecular weight is 338 g/mol. The summed E-state index contributed by atoms with van der Waals surface area (Å²) in [5.74, 6) is -1.63. The van der Waals surface area contributed by atoms with E-state index >= 15 is 0 Å². The predicted octanol–water partition coefficient (Wildman–Crippen LogP) is 3.26. The fourth-order valence-electron chi connectivity index (χ4n) is 2.59. The lowest BCUT2D eigenvalue weighted by atomic mass is 10.1. The normalized spacial score (nSPS) is 11.0. The minimum absolute atomic E-state index is 0.316. The Balaban J connectivity index is 2.43. The van der Waals surface area contributed by atoms with E-state index in [1.165, 1.54) is 6.08 Å². The number of esters is 1. The number of aryl methyl sites for hydroxylation is 1. The Bertz CT molecular complexity index is 883. The van der Waals surface area contributed by atoms with E-state index in [1.807, 2.05) is 24.5 Å². The van der Waals surface area contributed by atoms with Crippen molar-refractivity contribution in [2.75, 3.05) is 6.61 Å². The highest BCUT2D eigenvalue weighted by Gasteiger charge is 2.13. The zero-order valence-electron chi connectivity index (χ0n) is 14.2. The van der Waals surface area contributed by atoms with E-state index in [2.05, 4.69) is 0 Å². The Kier molecular flexibility index (Phi) is 5.40. The minimum atomic E-state index is -1.26. The van der Waals surface area contributed by atoms with Gasteiger partial charge in [-0.2, -0.15) is 5.26 Å². The lowest BCUT2D eigenvalue weighted by Crippen LogP contribution is -2.05. The molecule has 6 heteroatoms. The first kappa shape index (κ1) is 18.0. The van der Waals surface area contributed by atoms with E-state index in [4.69, 9.17) is 15.1 Å².